The van der Waals surface area contributed by atoms with Gasteiger partial charge in [0.15, 0.2) is 4.34 Å². The summed E-state index contributed by atoms with van der Waals surface area (Å²) >= 11 is 2.91. The molecule has 0 saturated carbocycles. The van der Waals surface area contributed by atoms with Crippen molar-refractivity contribution in [3.05, 3.63) is 60.2 Å². The molecule has 0 atom stereocenters. The second kappa shape index (κ2) is 8.64. The first-order valence-corrected chi connectivity index (χ1v) is 9.45. The maximum absolute atomic E-state index is 11.8. The van der Waals surface area contributed by atoms with Crippen molar-refractivity contribution in [2.24, 2.45) is 0 Å². The number of fused-ring (bicyclic) bond motifs is 1. The minimum absolute atomic E-state index is 0.133. The van der Waals surface area contributed by atoms with Crippen molar-refractivity contribution in [3.63, 3.8) is 0 Å². The van der Waals surface area contributed by atoms with Gasteiger partial charge in [0.2, 0.25) is 5.91 Å². The predicted molar refractivity (Wildman–Crippen MR) is 99.6 cm³/mol. The SMILES string of the molecule is O=C(CSc1nc2ccccc2s1)NCC(=O)OCc1ccccc1. The first kappa shape index (κ1) is 17.4. The van der Waals surface area contributed by atoms with E-state index in [4.69, 9.17) is 4.74 Å². The lowest BCUT2D eigenvalue weighted by atomic mass is 10.2. The molecule has 0 bridgehead atoms. The summed E-state index contributed by atoms with van der Waals surface area (Å²) in [6, 6.07) is 17.2. The van der Waals surface area contributed by atoms with Crippen molar-refractivity contribution in [1.29, 1.82) is 0 Å². The lowest BCUT2D eigenvalue weighted by Gasteiger charge is -2.06. The number of para-hydroxylation sites is 1. The number of benzene rings is 2. The molecule has 0 fully saturated rings. The second-order valence-electron chi connectivity index (χ2n) is 5.16. The molecule has 3 aromatic rings. The number of hydrogen-bond donors (Lipinski definition) is 1. The van der Waals surface area contributed by atoms with Crippen molar-refractivity contribution in [2.45, 2.75) is 10.9 Å². The number of carbonyl (C=O) groups is 2. The molecule has 0 spiro atoms. The summed E-state index contributed by atoms with van der Waals surface area (Å²) in [4.78, 5) is 28.0. The van der Waals surface area contributed by atoms with Gasteiger partial charge in [-0.25, -0.2) is 4.98 Å². The van der Waals surface area contributed by atoms with Gasteiger partial charge >= 0.3 is 5.97 Å². The summed E-state index contributed by atoms with van der Waals surface area (Å²) in [5.74, 6) is -0.464. The highest BCUT2D eigenvalue weighted by Crippen LogP contribution is 2.28. The molecule has 0 aliphatic rings. The fourth-order valence-corrected chi connectivity index (χ4v) is 3.95. The Labute approximate surface area is 153 Å². The molecular formula is C18H16N2O3S2. The van der Waals surface area contributed by atoms with Crippen LogP contribution in [0.1, 0.15) is 5.56 Å². The second-order valence-corrected chi connectivity index (χ2v) is 7.41. The third kappa shape index (κ3) is 5.30. The molecule has 0 aliphatic carbocycles. The van der Waals surface area contributed by atoms with Gasteiger partial charge in [0.1, 0.15) is 13.2 Å². The highest BCUT2D eigenvalue weighted by molar-refractivity contribution is 8.01. The van der Waals surface area contributed by atoms with Crippen LogP contribution in [0.3, 0.4) is 0 Å². The summed E-state index contributed by atoms with van der Waals surface area (Å²) in [5.41, 5.74) is 1.84. The van der Waals surface area contributed by atoms with Crippen LogP contribution in [0.4, 0.5) is 0 Å². The number of thiazole rings is 1. The Hall–Kier alpha value is -2.38. The van der Waals surface area contributed by atoms with E-state index in [9.17, 15) is 9.59 Å². The number of aromatic nitrogens is 1. The Kier molecular flexibility index (Phi) is 6.03. The first-order chi connectivity index (χ1) is 12.2. The van der Waals surface area contributed by atoms with Crippen LogP contribution >= 0.6 is 23.1 Å². The average Bonchev–Trinajstić information content (AvgIpc) is 3.07. The van der Waals surface area contributed by atoms with Gasteiger partial charge in [0.05, 0.1) is 16.0 Å². The van der Waals surface area contributed by atoms with E-state index in [1.807, 2.05) is 54.6 Å². The predicted octanol–water partition coefficient (Wildman–Crippen LogP) is 3.25. The van der Waals surface area contributed by atoms with Gasteiger partial charge in [-0.15, -0.1) is 11.3 Å². The van der Waals surface area contributed by atoms with Crippen LogP contribution in [0.25, 0.3) is 10.2 Å². The smallest absolute Gasteiger partial charge is 0.325 e. The number of carbonyl (C=O) groups excluding carboxylic acids is 2. The topological polar surface area (TPSA) is 68.3 Å². The van der Waals surface area contributed by atoms with Gasteiger partial charge in [-0.3, -0.25) is 9.59 Å². The summed E-state index contributed by atoms with van der Waals surface area (Å²) in [5, 5.41) is 2.57. The van der Waals surface area contributed by atoms with E-state index < -0.39 is 5.97 Å². The molecule has 0 saturated heterocycles. The molecule has 7 heteroatoms. The Morgan fingerprint density at radius 3 is 2.64 bits per heavy atom. The summed E-state index contributed by atoms with van der Waals surface area (Å²) in [6.45, 7) is 0.0715. The Morgan fingerprint density at radius 2 is 1.84 bits per heavy atom. The van der Waals surface area contributed by atoms with E-state index in [2.05, 4.69) is 10.3 Å². The van der Waals surface area contributed by atoms with E-state index in [-0.39, 0.29) is 24.8 Å². The number of nitrogens with one attached hydrogen (secondary N) is 1. The van der Waals surface area contributed by atoms with E-state index in [0.717, 1.165) is 20.1 Å². The number of ether oxygens (including phenoxy) is 1. The zero-order valence-electron chi connectivity index (χ0n) is 13.3. The van der Waals surface area contributed by atoms with Crippen LogP contribution < -0.4 is 5.32 Å². The number of nitrogens with zero attached hydrogens (tertiary/aromatic N) is 1. The zero-order valence-corrected chi connectivity index (χ0v) is 14.9. The van der Waals surface area contributed by atoms with Gasteiger partial charge in [-0.1, -0.05) is 54.2 Å². The molecule has 25 heavy (non-hydrogen) atoms. The van der Waals surface area contributed by atoms with Gasteiger partial charge in [0, 0.05) is 0 Å². The molecule has 2 aromatic carbocycles. The van der Waals surface area contributed by atoms with Crippen molar-refractivity contribution in [3.8, 4) is 0 Å². The molecule has 3 rings (SSSR count). The quantitative estimate of drug-likeness (QED) is 0.509. The molecular weight excluding hydrogens is 356 g/mol. The van der Waals surface area contributed by atoms with Crippen molar-refractivity contribution >= 4 is 45.2 Å². The van der Waals surface area contributed by atoms with Gasteiger partial charge in [0.25, 0.3) is 0 Å². The Morgan fingerprint density at radius 1 is 1.08 bits per heavy atom. The standard InChI is InChI=1S/C18H16N2O3S2/c21-16(12-24-18-20-14-8-4-5-9-15(14)25-18)19-10-17(22)23-11-13-6-2-1-3-7-13/h1-9H,10-12H2,(H,19,21). The lowest BCUT2D eigenvalue weighted by molar-refractivity contribution is -0.145. The van der Waals surface area contributed by atoms with Crippen LogP contribution in [-0.2, 0) is 20.9 Å². The van der Waals surface area contributed by atoms with E-state index in [1.165, 1.54) is 11.8 Å². The van der Waals surface area contributed by atoms with Crippen LogP contribution in [0, 0.1) is 0 Å². The fourth-order valence-electron chi connectivity index (χ4n) is 2.05. The largest absolute Gasteiger partial charge is 0.460 e. The molecule has 1 amide bonds. The van der Waals surface area contributed by atoms with Gasteiger partial charge in [-0.2, -0.15) is 0 Å². The molecule has 0 unspecified atom stereocenters. The van der Waals surface area contributed by atoms with Crippen molar-refractivity contribution < 1.29 is 14.3 Å². The fraction of sp³-hybridized carbons (Fsp3) is 0.167. The third-order valence-electron chi connectivity index (χ3n) is 3.27. The van der Waals surface area contributed by atoms with E-state index in [0.29, 0.717) is 0 Å². The lowest BCUT2D eigenvalue weighted by Crippen LogP contribution is -2.31. The summed E-state index contributed by atoms with van der Waals surface area (Å²) in [6.07, 6.45) is 0. The first-order valence-electron chi connectivity index (χ1n) is 7.65. The minimum Gasteiger partial charge on any atom is -0.460 e. The normalized spacial score (nSPS) is 10.6. The van der Waals surface area contributed by atoms with E-state index in [1.54, 1.807) is 11.3 Å². The number of thioether (sulfide) groups is 1. The highest BCUT2D eigenvalue weighted by atomic mass is 32.2. The number of rotatable bonds is 7. The minimum atomic E-state index is -0.456. The molecule has 0 aliphatic heterocycles. The van der Waals surface area contributed by atoms with Crippen LogP contribution in [0.2, 0.25) is 0 Å². The Bertz CT molecular complexity index is 832. The third-order valence-corrected chi connectivity index (χ3v) is 5.45. The Balaban J connectivity index is 1.38. The zero-order chi connectivity index (χ0) is 17.5. The number of esters is 1. The molecule has 1 aromatic heterocycles. The molecule has 1 N–H and O–H groups in total. The average molecular weight is 372 g/mol. The molecule has 1 heterocycles. The monoisotopic (exact) mass is 372 g/mol. The number of amides is 1. The number of hydrogen-bond acceptors (Lipinski definition) is 6. The maximum Gasteiger partial charge on any atom is 0.325 e. The highest BCUT2D eigenvalue weighted by Gasteiger charge is 2.10. The van der Waals surface area contributed by atoms with Crippen molar-refractivity contribution in [2.75, 3.05) is 12.3 Å². The molecule has 5 nitrogen and oxygen atoms in total. The van der Waals surface area contributed by atoms with Gasteiger partial charge in [-0.05, 0) is 17.7 Å². The molecule has 128 valence electrons. The van der Waals surface area contributed by atoms with Crippen LogP contribution in [0.15, 0.2) is 58.9 Å². The van der Waals surface area contributed by atoms with Crippen LogP contribution in [0.5, 0.6) is 0 Å². The summed E-state index contributed by atoms with van der Waals surface area (Å²) < 4.78 is 7.04. The maximum atomic E-state index is 11.8. The van der Waals surface area contributed by atoms with E-state index >= 15 is 0 Å². The molecule has 0 radical (unpaired) electrons. The van der Waals surface area contributed by atoms with Crippen LogP contribution in [-0.4, -0.2) is 29.2 Å². The summed E-state index contributed by atoms with van der Waals surface area (Å²) in [7, 11) is 0. The van der Waals surface area contributed by atoms with Crippen molar-refractivity contribution in [1.82, 2.24) is 10.3 Å². The van der Waals surface area contributed by atoms with Gasteiger partial charge < -0.3 is 10.1 Å².